The number of nitrogens with one attached hydrogen (secondary N) is 1. The van der Waals surface area contributed by atoms with Crippen molar-refractivity contribution >= 4 is 5.91 Å². The Hall–Kier alpha value is -0.830. The standard InChI is InChI=1S/C9H17NO2/c1-6(2)8(12)10-9(4,5)7(3)11/h7,11H,1H2,2-5H3,(H,10,12). The van der Waals surface area contributed by atoms with Gasteiger partial charge in [0.2, 0.25) is 5.91 Å². The molecule has 1 unspecified atom stereocenters. The van der Waals surface area contributed by atoms with Crippen molar-refractivity contribution < 1.29 is 9.90 Å². The second-order valence-corrected chi connectivity index (χ2v) is 3.63. The Morgan fingerprint density at radius 1 is 1.58 bits per heavy atom. The molecule has 3 heteroatoms. The van der Waals surface area contributed by atoms with E-state index < -0.39 is 11.6 Å². The third kappa shape index (κ3) is 3.05. The summed E-state index contributed by atoms with van der Waals surface area (Å²) >= 11 is 0. The summed E-state index contributed by atoms with van der Waals surface area (Å²) in [6, 6.07) is 0. The quantitative estimate of drug-likeness (QED) is 0.618. The van der Waals surface area contributed by atoms with Gasteiger partial charge in [0, 0.05) is 5.57 Å². The molecule has 70 valence electrons. The van der Waals surface area contributed by atoms with Gasteiger partial charge in [0.15, 0.2) is 0 Å². The molecular weight excluding hydrogens is 154 g/mol. The van der Waals surface area contributed by atoms with Gasteiger partial charge in [-0.1, -0.05) is 6.58 Å². The van der Waals surface area contributed by atoms with Crippen LogP contribution in [0.1, 0.15) is 27.7 Å². The molecule has 0 aromatic carbocycles. The van der Waals surface area contributed by atoms with E-state index in [4.69, 9.17) is 0 Å². The first-order chi connectivity index (χ1) is 5.27. The Morgan fingerprint density at radius 3 is 2.25 bits per heavy atom. The highest BCUT2D eigenvalue weighted by Crippen LogP contribution is 2.08. The molecule has 3 nitrogen and oxygen atoms in total. The maximum absolute atomic E-state index is 11.1. The molecule has 2 N–H and O–H groups in total. The largest absolute Gasteiger partial charge is 0.391 e. The Balaban J connectivity index is 4.25. The average molecular weight is 171 g/mol. The number of aliphatic hydroxyl groups is 1. The topological polar surface area (TPSA) is 49.3 Å². The molecule has 0 aliphatic heterocycles. The number of carbonyl (C=O) groups is 1. The first kappa shape index (κ1) is 11.2. The van der Waals surface area contributed by atoms with Crippen molar-refractivity contribution in [3.05, 3.63) is 12.2 Å². The molecule has 1 amide bonds. The van der Waals surface area contributed by atoms with Gasteiger partial charge in [-0.05, 0) is 27.7 Å². The van der Waals surface area contributed by atoms with E-state index in [-0.39, 0.29) is 5.91 Å². The number of amides is 1. The molecule has 0 spiro atoms. The fourth-order valence-corrected chi connectivity index (χ4v) is 0.504. The second-order valence-electron chi connectivity index (χ2n) is 3.63. The molecule has 0 radical (unpaired) electrons. The molecule has 0 heterocycles. The summed E-state index contributed by atoms with van der Waals surface area (Å²) in [5.74, 6) is -0.221. The van der Waals surface area contributed by atoms with Gasteiger partial charge < -0.3 is 10.4 Å². The SMILES string of the molecule is C=C(C)C(=O)NC(C)(C)C(C)O. The lowest BCUT2D eigenvalue weighted by Gasteiger charge is -2.29. The molecule has 0 aliphatic carbocycles. The summed E-state index contributed by atoms with van der Waals surface area (Å²) in [5, 5.41) is 11.9. The lowest BCUT2D eigenvalue weighted by molar-refractivity contribution is -0.120. The second kappa shape index (κ2) is 3.72. The molecule has 0 saturated carbocycles. The Labute approximate surface area is 73.5 Å². The summed E-state index contributed by atoms with van der Waals surface area (Å²) < 4.78 is 0. The van der Waals surface area contributed by atoms with Crippen molar-refractivity contribution in [1.82, 2.24) is 5.32 Å². The van der Waals surface area contributed by atoms with Crippen LogP contribution in [0.25, 0.3) is 0 Å². The number of aliphatic hydroxyl groups excluding tert-OH is 1. The minimum atomic E-state index is -0.601. The van der Waals surface area contributed by atoms with E-state index in [1.807, 2.05) is 0 Å². The molecular formula is C9H17NO2. The minimum Gasteiger partial charge on any atom is -0.391 e. The smallest absolute Gasteiger partial charge is 0.246 e. The van der Waals surface area contributed by atoms with E-state index in [2.05, 4.69) is 11.9 Å². The van der Waals surface area contributed by atoms with Crippen LogP contribution in [0.15, 0.2) is 12.2 Å². The Kier molecular flexibility index (Phi) is 3.46. The lowest BCUT2D eigenvalue weighted by atomic mass is 9.98. The van der Waals surface area contributed by atoms with E-state index >= 15 is 0 Å². The fraction of sp³-hybridized carbons (Fsp3) is 0.667. The Morgan fingerprint density at radius 2 is 2.00 bits per heavy atom. The van der Waals surface area contributed by atoms with Gasteiger partial charge in [-0.2, -0.15) is 0 Å². The van der Waals surface area contributed by atoms with Gasteiger partial charge in [0.05, 0.1) is 11.6 Å². The van der Waals surface area contributed by atoms with Gasteiger partial charge in [0.1, 0.15) is 0 Å². The summed E-state index contributed by atoms with van der Waals surface area (Å²) in [5.41, 5.74) is -0.153. The van der Waals surface area contributed by atoms with Gasteiger partial charge in [-0.25, -0.2) is 0 Å². The summed E-state index contributed by atoms with van der Waals surface area (Å²) in [6.07, 6.45) is -0.583. The van der Waals surface area contributed by atoms with E-state index in [0.717, 1.165) is 0 Å². The number of hydrogen-bond donors (Lipinski definition) is 2. The normalized spacial score (nSPS) is 13.8. The summed E-state index contributed by atoms with van der Waals surface area (Å²) in [6.45, 7) is 10.3. The number of rotatable bonds is 3. The lowest BCUT2D eigenvalue weighted by Crippen LogP contribution is -2.51. The molecule has 12 heavy (non-hydrogen) atoms. The molecule has 0 fully saturated rings. The highest BCUT2D eigenvalue weighted by atomic mass is 16.3. The zero-order chi connectivity index (χ0) is 9.94. The molecule has 0 saturated heterocycles. The molecule has 0 aliphatic rings. The van der Waals surface area contributed by atoms with Crippen molar-refractivity contribution in [1.29, 1.82) is 0 Å². The van der Waals surface area contributed by atoms with Crippen LogP contribution in [-0.4, -0.2) is 22.7 Å². The van der Waals surface area contributed by atoms with Crippen LogP contribution >= 0.6 is 0 Å². The maximum atomic E-state index is 11.1. The highest BCUT2D eigenvalue weighted by Gasteiger charge is 2.25. The van der Waals surface area contributed by atoms with Crippen molar-refractivity contribution in [2.45, 2.75) is 39.3 Å². The van der Waals surface area contributed by atoms with Gasteiger partial charge in [-0.15, -0.1) is 0 Å². The van der Waals surface area contributed by atoms with Gasteiger partial charge in [0.25, 0.3) is 0 Å². The number of hydrogen-bond acceptors (Lipinski definition) is 2. The van der Waals surface area contributed by atoms with Crippen molar-refractivity contribution in [3.8, 4) is 0 Å². The third-order valence-electron chi connectivity index (χ3n) is 1.87. The van der Waals surface area contributed by atoms with Crippen LogP contribution in [0.5, 0.6) is 0 Å². The van der Waals surface area contributed by atoms with E-state index in [1.54, 1.807) is 27.7 Å². The third-order valence-corrected chi connectivity index (χ3v) is 1.87. The van der Waals surface area contributed by atoms with Crippen LogP contribution in [0.2, 0.25) is 0 Å². The first-order valence-electron chi connectivity index (χ1n) is 3.93. The van der Waals surface area contributed by atoms with E-state index in [0.29, 0.717) is 5.57 Å². The van der Waals surface area contributed by atoms with Gasteiger partial charge >= 0.3 is 0 Å². The Bertz CT molecular complexity index is 195. The van der Waals surface area contributed by atoms with Crippen molar-refractivity contribution in [2.24, 2.45) is 0 Å². The van der Waals surface area contributed by atoms with Crippen LogP contribution < -0.4 is 5.32 Å². The zero-order valence-corrected chi connectivity index (χ0v) is 8.14. The molecule has 0 aromatic rings. The van der Waals surface area contributed by atoms with Crippen LogP contribution in [0, 0.1) is 0 Å². The summed E-state index contributed by atoms with van der Waals surface area (Å²) in [4.78, 5) is 11.1. The highest BCUT2D eigenvalue weighted by molar-refractivity contribution is 5.92. The van der Waals surface area contributed by atoms with Crippen LogP contribution in [-0.2, 0) is 4.79 Å². The van der Waals surface area contributed by atoms with Crippen LogP contribution in [0.3, 0.4) is 0 Å². The number of carbonyl (C=O) groups excluding carboxylic acids is 1. The minimum absolute atomic E-state index is 0.221. The molecule has 0 bridgehead atoms. The maximum Gasteiger partial charge on any atom is 0.246 e. The zero-order valence-electron chi connectivity index (χ0n) is 8.14. The van der Waals surface area contributed by atoms with E-state index in [1.165, 1.54) is 0 Å². The predicted octanol–water partition coefficient (Wildman–Crippen LogP) is 0.838. The molecule has 0 rings (SSSR count). The predicted molar refractivity (Wildman–Crippen MR) is 48.7 cm³/mol. The van der Waals surface area contributed by atoms with Crippen molar-refractivity contribution in [3.63, 3.8) is 0 Å². The van der Waals surface area contributed by atoms with Gasteiger partial charge in [-0.3, -0.25) is 4.79 Å². The van der Waals surface area contributed by atoms with Crippen LogP contribution in [0.4, 0.5) is 0 Å². The first-order valence-corrected chi connectivity index (χ1v) is 3.93. The summed E-state index contributed by atoms with van der Waals surface area (Å²) in [7, 11) is 0. The molecule has 0 aromatic heterocycles. The van der Waals surface area contributed by atoms with E-state index in [9.17, 15) is 9.90 Å². The monoisotopic (exact) mass is 171 g/mol. The van der Waals surface area contributed by atoms with Crippen molar-refractivity contribution in [2.75, 3.05) is 0 Å². The average Bonchev–Trinajstić information content (AvgIpc) is 1.85. The molecule has 1 atom stereocenters. The fourth-order valence-electron chi connectivity index (χ4n) is 0.504.